The van der Waals surface area contributed by atoms with Crippen LogP contribution in [0.2, 0.25) is 0 Å². The third kappa shape index (κ3) is 2.70. The summed E-state index contributed by atoms with van der Waals surface area (Å²) in [7, 11) is -0.373. The number of aryl methyl sites for hydroxylation is 1. The van der Waals surface area contributed by atoms with Crippen LogP contribution in [0.5, 0.6) is 0 Å². The van der Waals surface area contributed by atoms with Crippen LogP contribution in [-0.4, -0.2) is 23.3 Å². The molecule has 0 atom stereocenters. The van der Waals surface area contributed by atoms with Crippen LogP contribution >= 0.6 is 0 Å². The predicted molar refractivity (Wildman–Crippen MR) is 78.8 cm³/mol. The summed E-state index contributed by atoms with van der Waals surface area (Å²) < 4.78 is 12.1. The molecule has 0 aliphatic carbocycles. The Labute approximate surface area is 116 Å². The van der Waals surface area contributed by atoms with E-state index in [0.717, 1.165) is 11.3 Å². The number of hydrogen-bond acceptors (Lipinski definition) is 3. The number of rotatable bonds is 2. The molecule has 0 spiro atoms. The van der Waals surface area contributed by atoms with Crippen molar-refractivity contribution in [2.75, 3.05) is 0 Å². The summed E-state index contributed by atoms with van der Waals surface area (Å²) in [4.78, 5) is 4.58. The highest BCUT2D eigenvalue weighted by atomic mass is 16.7. The summed E-state index contributed by atoms with van der Waals surface area (Å²) in [6.07, 6.45) is 0. The Balaban J connectivity index is 2.34. The Morgan fingerprint density at radius 3 is 2.05 bits per heavy atom. The van der Waals surface area contributed by atoms with Gasteiger partial charge in [-0.3, -0.25) is 4.98 Å². The highest BCUT2D eigenvalue weighted by Gasteiger charge is 2.52. The van der Waals surface area contributed by atoms with Gasteiger partial charge in [-0.25, -0.2) is 0 Å². The van der Waals surface area contributed by atoms with Crippen LogP contribution < -0.4 is 5.59 Å². The Kier molecular flexibility index (Phi) is 3.52. The second-order valence-electron chi connectivity index (χ2n) is 6.71. The van der Waals surface area contributed by atoms with Gasteiger partial charge in [0.15, 0.2) is 0 Å². The molecule has 1 aromatic rings. The molecule has 0 bridgehead atoms. The summed E-state index contributed by atoms with van der Waals surface area (Å²) in [5, 5.41) is 0. The third-order valence-corrected chi connectivity index (χ3v) is 4.16. The lowest BCUT2D eigenvalue weighted by atomic mass is 9.82. The fraction of sp³-hybridized carbons (Fsp3) is 0.667. The van der Waals surface area contributed by atoms with E-state index in [1.807, 2.05) is 6.92 Å². The molecule has 2 heterocycles. The summed E-state index contributed by atoms with van der Waals surface area (Å²) in [5.74, 6) is 0.475. The van der Waals surface area contributed by atoms with E-state index in [-0.39, 0.29) is 18.3 Å². The van der Waals surface area contributed by atoms with E-state index in [9.17, 15) is 0 Å². The first-order valence-electron chi connectivity index (χ1n) is 6.96. The van der Waals surface area contributed by atoms with Gasteiger partial charge in [0.05, 0.1) is 16.8 Å². The molecule has 0 radical (unpaired) electrons. The van der Waals surface area contributed by atoms with Gasteiger partial charge in [-0.15, -0.1) is 0 Å². The van der Waals surface area contributed by atoms with E-state index in [0.29, 0.717) is 5.92 Å². The molecule has 0 saturated carbocycles. The van der Waals surface area contributed by atoms with E-state index in [4.69, 9.17) is 9.31 Å². The van der Waals surface area contributed by atoms with Gasteiger partial charge in [0.1, 0.15) is 0 Å². The van der Waals surface area contributed by atoms with Crippen LogP contribution in [-0.2, 0) is 9.31 Å². The highest BCUT2D eigenvalue weighted by molar-refractivity contribution is 6.61. The van der Waals surface area contributed by atoms with E-state index in [1.165, 1.54) is 5.56 Å². The van der Waals surface area contributed by atoms with Crippen molar-refractivity contribution in [3.05, 3.63) is 23.4 Å². The molecule has 19 heavy (non-hydrogen) atoms. The zero-order chi connectivity index (χ0) is 14.4. The number of aromatic nitrogens is 1. The molecular formula is C15H24BNO2. The van der Waals surface area contributed by atoms with Crippen LogP contribution in [0.25, 0.3) is 0 Å². The maximum Gasteiger partial charge on any atom is 0.514 e. The first kappa shape index (κ1) is 14.5. The van der Waals surface area contributed by atoms with Crippen LogP contribution in [0.3, 0.4) is 0 Å². The van der Waals surface area contributed by atoms with Crippen molar-refractivity contribution in [1.29, 1.82) is 0 Å². The van der Waals surface area contributed by atoms with Crippen molar-refractivity contribution >= 4 is 12.7 Å². The Hall–Kier alpha value is -0.865. The van der Waals surface area contributed by atoms with Crippen LogP contribution in [0.4, 0.5) is 0 Å². The summed E-state index contributed by atoms with van der Waals surface area (Å²) in [6.45, 7) is 14.6. The molecule has 3 nitrogen and oxygen atoms in total. The number of hydrogen-bond donors (Lipinski definition) is 0. The molecule has 2 rings (SSSR count). The third-order valence-electron chi connectivity index (χ3n) is 4.16. The second-order valence-corrected chi connectivity index (χ2v) is 6.71. The Bertz CT molecular complexity index is 467. The van der Waals surface area contributed by atoms with Crippen LogP contribution in [0.1, 0.15) is 58.7 Å². The molecule has 1 aliphatic rings. The monoisotopic (exact) mass is 261 g/mol. The molecule has 0 unspecified atom stereocenters. The quantitative estimate of drug-likeness (QED) is 0.767. The van der Waals surface area contributed by atoms with E-state index in [2.05, 4.69) is 58.7 Å². The molecule has 0 amide bonds. The zero-order valence-corrected chi connectivity index (χ0v) is 13.1. The van der Waals surface area contributed by atoms with Crippen molar-refractivity contribution in [2.45, 2.75) is 65.6 Å². The van der Waals surface area contributed by atoms with Gasteiger partial charge in [-0.05, 0) is 58.2 Å². The Morgan fingerprint density at radius 2 is 1.58 bits per heavy atom. The minimum absolute atomic E-state index is 0.318. The number of pyridine rings is 1. The van der Waals surface area contributed by atoms with Gasteiger partial charge in [-0.1, -0.05) is 13.8 Å². The van der Waals surface area contributed by atoms with Crippen molar-refractivity contribution < 1.29 is 9.31 Å². The lowest BCUT2D eigenvalue weighted by Crippen LogP contribution is -2.41. The smallest absolute Gasteiger partial charge is 0.398 e. The van der Waals surface area contributed by atoms with Gasteiger partial charge in [0.2, 0.25) is 0 Å². The van der Waals surface area contributed by atoms with Crippen LogP contribution in [0, 0.1) is 6.92 Å². The normalized spacial score (nSPS) is 21.2. The molecule has 104 valence electrons. The maximum absolute atomic E-state index is 6.06. The van der Waals surface area contributed by atoms with E-state index >= 15 is 0 Å². The maximum atomic E-state index is 6.06. The zero-order valence-electron chi connectivity index (χ0n) is 13.1. The first-order chi connectivity index (χ1) is 8.62. The van der Waals surface area contributed by atoms with Crippen molar-refractivity contribution in [3.8, 4) is 0 Å². The lowest BCUT2D eigenvalue weighted by Gasteiger charge is -2.32. The van der Waals surface area contributed by atoms with Gasteiger partial charge in [0.25, 0.3) is 0 Å². The molecule has 0 aromatic carbocycles. The largest absolute Gasteiger partial charge is 0.514 e. The molecule has 1 aromatic heterocycles. The fourth-order valence-corrected chi connectivity index (χ4v) is 2.14. The average molecular weight is 261 g/mol. The Morgan fingerprint density at radius 1 is 1.05 bits per heavy atom. The number of nitrogens with zero attached hydrogens (tertiary/aromatic N) is 1. The minimum atomic E-state index is -0.373. The fourth-order valence-electron chi connectivity index (χ4n) is 2.14. The molecule has 4 heteroatoms. The van der Waals surface area contributed by atoms with Gasteiger partial charge in [0, 0.05) is 5.69 Å². The van der Waals surface area contributed by atoms with Gasteiger partial charge in [-0.2, -0.15) is 0 Å². The van der Waals surface area contributed by atoms with Crippen LogP contribution in [0.15, 0.2) is 12.1 Å². The van der Waals surface area contributed by atoms with Gasteiger partial charge >= 0.3 is 7.12 Å². The standard InChI is InChI=1S/C15H24BNO2/c1-10(2)12-8-11(3)17-13(9-12)16-18-14(4,5)15(6,7)19-16/h8-10H,1-7H3. The molecule has 1 fully saturated rings. The minimum Gasteiger partial charge on any atom is -0.398 e. The first-order valence-corrected chi connectivity index (χ1v) is 6.96. The highest BCUT2D eigenvalue weighted by Crippen LogP contribution is 2.36. The second kappa shape index (κ2) is 4.60. The van der Waals surface area contributed by atoms with E-state index in [1.54, 1.807) is 0 Å². The molecule has 1 aliphatic heterocycles. The topological polar surface area (TPSA) is 31.4 Å². The lowest BCUT2D eigenvalue weighted by molar-refractivity contribution is 0.00578. The molecular weight excluding hydrogens is 237 g/mol. The molecule has 1 saturated heterocycles. The average Bonchev–Trinajstić information content (AvgIpc) is 2.47. The summed E-state index contributed by atoms with van der Waals surface area (Å²) >= 11 is 0. The summed E-state index contributed by atoms with van der Waals surface area (Å²) in [5.41, 5.74) is 2.53. The molecule has 0 N–H and O–H groups in total. The van der Waals surface area contributed by atoms with Crippen molar-refractivity contribution in [1.82, 2.24) is 4.98 Å². The SMILES string of the molecule is Cc1cc(C(C)C)cc(B2OC(C)(C)C(C)(C)O2)n1. The predicted octanol–water partition coefficient (Wildman–Crippen LogP) is 2.81. The van der Waals surface area contributed by atoms with Gasteiger partial charge < -0.3 is 9.31 Å². The van der Waals surface area contributed by atoms with E-state index < -0.39 is 0 Å². The summed E-state index contributed by atoms with van der Waals surface area (Å²) in [6, 6.07) is 4.22. The van der Waals surface area contributed by atoms with Crippen molar-refractivity contribution in [3.63, 3.8) is 0 Å². The van der Waals surface area contributed by atoms with Crippen molar-refractivity contribution in [2.24, 2.45) is 0 Å².